The number of fused-ring (bicyclic) bond motifs is 6. The van der Waals surface area contributed by atoms with Gasteiger partial charge in [-0.25, -0.2) is 0 Å². The standard InChI is InChI=1S/C54H36N2O/c1-3-14-37(15-4-1)39-26-30-41(31-27-39)55(42-32-28-40(29-33-42)38-16-5-2-6-17-38)43-34-35-46(48-21-13-22-49-47-20-9-12-25-53(47)57-54(48)49)52(36-43)56-50-23-10-7-18-44(50)45-19-8-11-24-51(45)56/h1-36H. The van der Waals surface area contributed by atoms with Crippen molar-refractivity contribution >= 4 is 60.8 Å². The van der Waals surface area contributed by atoms with E-state index in [2.05, 4.69) is 222 Å². The Balaban J connectivity index is 1.16. The Kier molecular flexibility index (Phi) is 7.82. The van der Waals surface area contributed by atoms with Crippen LogP contribution < -0.4 is 4.90 Å². The van der Waals surface area contributed by atoms with Gasteiger partial charge in [-0.2, -0.15) is 0 Å². The van der Waals surface area contributed by atoms with Crippen LogP contribution in [0.5, 0.6) is 0 Å². The van der Waals surface area contributed by atoms with E-state index >= 15 is 0 Å². The van der Waals surface area contributed by atoms with Gasteiger partial charge in [-0.1, -0.05) is 164 Å². The molecule has 0 aliphatic carbocycles. The number of aromatic nitrogens is 1. The van der Waals surface area contributed by atoms with Crippen LogP contribution in [0.4, 0.5) is 17.1 Å². The molecule has 0 aliphatic rings. The molecular formula is C54H36N2O. The first-order valence-corrected chi connectivity index (χ1v) is 19.4. The van der Waals surface area contributed by atoms with Crippen LogP contribution in [0, 0.1) is 0 Å². The average molecular weight is 729 g/mol. The van der Waals surface area contributed by atoms with Gasteiger partial charge in [0.05, 0.1) is 16.7 Å². The molecule has 2 aromatic heterocycles. The molecule has 3 heteroatoms. The fourth-order valence-corrected chi connectivity index (χ4v) is 8.53. The maximum atomic E-state index is 6.68. The molecule has 0 atom stereocenters. The van der Waals surface area contributed by atoms with Gasteiger partial charge in [0.2, 0.25) is 0 Å². The Labute approximate surface area is 330 Å². The van der Waals surface area contributed by atoms with Crippen molar-refractivity contribution in [1.29, 1.82) is 0 Å². The fourth-order valence-electron chi connectivity index (χ4n) is 8.53. The van der Waals surface area contributed by atoms with Crippen LogP contribution in [0.25, 0.3) is 82.8 Å². The van der Waals surface area contributed by atoms with Crippen LogP contribution in [0.2, 0.25) is 0 Å². The van der Waals surface area contributed by atoms with E-state index in [1.165, 1.54) is 33.0 Å². The molecule has 0 saturated carbocycles. The van der Waals surface area contributed by atoms with Gasteiger partial charge < -0.3 is 13.9 Å². The Hall–Kier alpha value is -7.62. The van der Waals surface area contributed by atoms with Crippen molar-refractivity contribution in [3.63, 3.8) is 0 Å². The van der Waals surface area contributed by atoms with Gasteiger partial charge in [-0.3, -0.25) is 0 Å². The monoisotopic (exact) mass is 728 g/mol. The summed E-state index contributed by atoms with van der Waals surface area (Å²) < 4.78 is 9.11. The summed E-state index contributed by atoms with van der Waals surface area (Å²) in [7, 11) is 0. The predicted octanol–water partition coefficient (Wildman–Crippen LogP) is 15.2. The topological polar surface area (TPSA) is 21.3 Å². The van der Waals surface area contributed by atoms with E-state index in [-0.39, 0.29) is 0 Å². The minimum absolute atomic E-state index is 0.887. The van der Waals surface area contributed by atoms with E-state index in [1.54, 1.807) is 0 Å². The molecule has 268 valence electrons. The van der Waals surface area contributed by atoms with Gasteiger partial charge >= 0.3 is 0 Å². The molecule has 0 N–H and O–H groups in total. The van der Waals surface area contributed by atoms with Gasteiger partial charge in [0, 0.05) is 49.7 Å². The van der Waals surface area contributed by atoms with Crippen molar-refractivity contribution in [3.05, 3.63) is 218 Å². The first kappa shape index (κ1) is 32.8. The van der Waals surface area contributed by atoms with Crippen LogP contribution >= 0.6 is 0 Å². The van der Waals surface area contributed by atoms with Crippen molar-refractivity contribution in [2.45, 2.75) is 0 Å². The highest BCUT2D eigenvalue weighted by atomic mass is 16.3. The number of anilines is 3. The van der Waals surface area contributed by atoms with Gasteiger partial charge in [0.25, 0.3) is 0 Å². The van der Waals surface area contributed by atoms with Crippen LogP contribution in [0.1, 0.15) is 0 Å². The van der Waals surface area contributed by atoms with Gasteiger partial charge in [-0.15, -0.1) is 0 Å². The molecule has 0 radical (unpaired) electrons. The van der Waals surface area contributed by atoms with E-state index in [1.807, 2.05) is 6.07 Å². The molecule has 0 spiro atoms. The second-order valence-electron chi connectivity index (χ2n) is 14.5. The molecule has 0 amide bonds. The summed E-state index contributed by atoms with van der Waals surface area (Å²) in [6.07, 6.45) is 0. The zero-order chi connectivity index (χ0) is 37.7. The molecule has 0 bridgehead atoms. The molecule has 0 fully saturated rings. The predicted molar refractivity (Wildman–Crippen MR) is 239 cm³/mol. The molecule has 0 aliphatic heterocycles. The first-order valence-electron chi connectivity index (χ1n) is 19.4. The fraction of sp³-hybridized carbons (Fsp3) is 0. The quantitative estimate of drug-likeness (QED) is 0.163. The third kappa shape index (κ3) is 5.60. The molecule has 3 nitrogen and oxygen atoms in total. The van der Waals surface area contributed by atoms with E-state index in [4.69, 9.17) is 4.42 Å². The Bertz CT molecular complexity index is 3080. The summed E-state index contributed by atoms with van der Waals surface area (Å²) in [5, 5.41) is 4.67. The van der Waals surface area contributed by atoms with Crippen molar-refractivity contribution in [1.82, 2.24) is 4.57 Å². The smallest absolute Gasteiger partial charge is 0.143 e. The first-order chi connectivity index (χ1) is 28.3. The summed E-state index contributed by atoms with van der Waals surface area (Å²) in [4.78, 5) is 2.37. The molecule has 11 aromatic rings. The maximum Gasteiger partial charge on any atom is 0.143 e. The normalized spacial score (nSPS) is 11.5. The number of hydrogen-bond donors (Lipinski definition) is 0. The molecule has 0 saturated heterocycles. The van der Waals surface area contributed by atoms with Crippen LogP contribution in [-0.4, -0.2) is 4.57 Å². The SMILES string of the molecule is c1ccc(-c2ccc(N(c3ccc(-c4ccccc4)cc3)c3ccc(-c4cccc5c4oc4ccccc45)c(-n4c5ccccc5c5ccccc54)c3)cc2)cc1. The molecule has 2 heterocycles. The Morgan fingerprint density at radius 1 is 0.333 bits per heavy atom. The number of nitrogens with zero attached hydrogens (tertiary/aromatic N) is 2. The third-order valence-corrected chi connectivity index (χ3v) is 11.2. The lowest BCUT2D eigenvalue weighted by Gasteiger charge is -2.27. The molecule has 11 rings (SSSR count). The summed E-state index contributed by atoms with van der Waals surface area (Å²) in [5.41, 5.74) is 15.2. The second kappa shape index (κ2) is 13.6. The molecule has 9 aromatic carbocycles. The molecule has 57 heavy (non-hydrogen) atoms. The molecular weight excluding hydrogens is 693 g/mol. The largest absolute Gasteiger partial charge is 0.455 e. The highest BCUT2D eigenvalue weighted by molar-refractivity contribution is 6.12. The summed E-state index contributed by atoms with van der Waals surface area (Å²) >= 11 is 0. The summed E-state index contributed by atoms with van der Waals surface area (Å²) in [6, 6.07) is 78.1. The summed E-state index contributed by atoms with van der Waals surface area (Å²) in [6.45, 7) is 0. The van der Waals surface area contributed by atoms with Gasteiger partial charge in [-0.05, 0) is 76.9 Å². The second-order valence-corrected chi connectivity index (χ2v) is 14.5. The number of benzene rings is 9. The third-order valence-electron chi connectivity index (χ3n) is 11.2. The zero-order valence-electron chi connectivity index (χ0n) is 31.1. The minimum Gasteiger partial charge on any atom is -0.455 e. The number of rotatable bonds is 7. The number of furan rings is 1. The van der Waals surface area contributed by atoms with Crippen LogP contribution in [0.15, 0.2) is 223 Å². The molecule has 0 unspecified atom stereocenters. The van der Waals surface area contributed by atoms with Crippen molar-refractivity contribution in [3.8, 4) is 39.1 Å². The van der Waals surface area contributed by atoms with Crippen LogP contribution in [0.3, 0.4) is 0 Å². The highest BCUT2D eigenvalue weighted by Crippen LogP contribution is 2.44. The van der Waals surface area contributed by atoms with Crippen LogP contribution in [-0.2, 0) is 0 Å². The van der Waals surface area contributed by atoms with E-state index in [0.717, 1.165) is 66.8 Å². The van der Waals surface area contributed by atoms with Crippen molar-refractivity contribution in [2.75, 3.05) is 4.90 Å². The lowest BCUT2D eigenvalue weighted by atomic mass is 9.99. The van der Waals surface area contributed by atoms with Gasteiger partial charge in [0.1, 0.15) is 11.2 Å². The summed E-state index contributed by atoms with van der Waals surface area (Å²) in [5.74, 6) is 0. The maximum absolute atomic E-state index is 6.68. The zero-order valence-corrected chi connectivity index (χ0v) is 31.1. The average Bonchev–Trinajstić information content (AvgIpc) is 3.84. The van der Waals surface area contributed by atoms with Gasteiger partial charge in [0.15, 0.2) is 0 Å². The van der Waals surface area contributed by atoms with Crippen molar-refractivity contribution in [2.24, 2.45) is 0 Å². The van der Waals surface area contributed by atoms with E-state index < -0.39 is 0 Å². The van der Waals surface area contributed by atoms with E-state index in [9.17, 15) is 0 Å². The number of para-hydroxylation sites is 4. The van der Waals surface area contributed by atoms with E-state index in [0.29, 0.717) is 0 Å². The lowest BCUT2D eigenvalue weighted by Crippen LogP contribution is -2.11. The lowest BCUT2D eigenvalue weighted by molar-refractivity contribution is 0.670. The number of hydrogen-bond acceptors (Lipinski definition) is 2. The minimum atomic E-state index is 0.887. The van der Waals surface area contributed by atoms with Crippen molar-refractivity contribution < 1.29 is 4.42 Å². The highest BCUT2D eigenvalue weighted by Gasteiger charge is 2.22. The Morgan fingerprint density at radius 3 is 1.40 bits per heavy atom. The Morgan fingerprint density at radius 2 is 0.807 bits per heavy atom.